The number of nitrogens with zero attached hydrogens (tertiary/aromatic N) is 1. The quantitative estimate of drug-likeness (QED) is 0.172. The largest absolute Gasteiger partial charge is 0.493 e. The molecule has 1 fully saturated rings. The van der Waals surface area contributed by atoms with Crippen LogP contribution in [-0.2, 0) is 14.3 Å². The topological polar surface area (TPSA) is 65.1 Å². The van der Waals surface area contributed by atoms with E-state index in [1.807, 2.05) is 25.1 Å². The van der Waals surface area contributed by atoms with Gasteiger partial charge < -0.3 is 14.2 Å². The van der Waals surface area contributed by atoms with Crippen LogP contribution >= 0.6 is 24.0 Å². The molecule has 1 aromatic carbocycles. The zero-order valence-corrected chi connectivity index (χ0v) is 20.1. The van der Waals surface area contributed by atoms with Crippen LogP contribution in [0.2, 0.25) is 0 Å². The number of benzene rings is 1. The molecule has 1 aromatic rings. The predicted molar refractivity (Wildman–Crippen MR) is 128 cm³/mol. The van der Waals surface area contributed by atoms with E-state index in [1.165, 1.54) is 29.5 Å². The van der Waals surface area contributed by atoms with Gasteiger partial charge in [0.15, 0.2) is 11.5 Å². The Labute approximate surface area is 194 Å². The molecule has 2 rings (SSSR count). The summed E-state index contributed by atoms with van der Waals surface area (Å²) < 4.78 is 16.8. The zero-order chi connectivity index (χ0) is 22.6. The SMILES string of the molecule is CCCCCCOc1ccc(/C=C2\SC(=S)N(CCC(=O)OCCC)C2=O)cc1OC. The van der Waals surface area contributed by atoms with Gasteiger partial charge in [-0.25, -0.2) is 0 Å². The van der Waals surface area contributed by atoms with Crippen LogP contribution in [0.15, 0.2) is 23.1 Å². The van der Waals surface area contributed by atoms with E-state index >= 15 is 0 Å². The average Bonchev–Trinajstić information content (AvgIpc) is 3.03. The van der Waals surface area contributed by atoms with Crippen LogP contribution in [0.4, 0.5) is 0 Å². The number of amides is 1. The molecular formula is C23H31NO5S2. The Morgan fingerprint density at radius 1 is 1.13 bits per heavy atom. The van der Waals surface area contributed by atoms with Crippen LogP contribution in [0.5, 0.6) is 11.5 Å². The molecular weight excluding hydrogens is 434 g/mol. The van der Waals surface area contributed by atoms with E-state index in [9.17, 15) is 9.59 Å². The average molecular weight is 466 g/mol. The number of thioether (sulfide) groups is 1. The van der Waals surface area contributed by atoms with Gasteiger partial charge in [0.05, 0.1) is 31.6 Å². The first-order chi connectivity index (χ1) is 15.0. The normalized spacial score (nSPS) is 14.9. The number of carbonyl (C=O) groups excluding carboxylic acids is 2. The van der Waals surface area contributed by atoms with Crippen LogP contribution in [0.25, 0.3) is 6.08 Å². The lowest BCUT2D eigenvalue weighted by molar-refractivity contribution is -0.143. The van der Waals surface area contributed by atoms with Crippen molar-refractivity contribution in [2.45, 2.75) is 52.4 Å². The van der Waals surface area contributed by atoms with Crippen LogP contribution in [0.1, 0.15) is 57.9 Å². The summed E-state index contributed by atoms with van der Waals surface area (Å²) in [6.45, 7) is 5.37. The summed E-state index contributed by atoms with van der Waals surface area (Å²) in [6, 6.07) is 5.59. The molecule has 0 unspecified atom stereocenters. The van der Waals surface area contributed by atoms with Gasteiger partial charge >= 0.3 is 5.97 Å². The summed E-state index contributed by atoms with van der Waals surface area (Å²) in [6.07, 6.45) is 7.22. The van der Waals surface area contributed by atoms with Gasteiger partial charge in [-0.2, -0.15) is 0 Å². The van der Waals surface area contributed by atoms with Crippen molar-refractivity contribution >= 4 is 46.3 Å². The molecule has 1 saturated heterocycles. The molecule has 0 radical (unpaired) electrons. The van der Waals surface area contributed by atoms with Gasteiger partial charge in [-0.1, -0.05) is 63.2 Å². The standard InChI is InChI=1S/C23H31NO5S2/c1-4-6-7-8-14-28-18-10-9-17(15-19(18)27-3)16-20-22(26)24(23(30)31-20)12-11-21(25)29-13-5-2/h9-10,15-16H,4-8,11-14H2,1-3H3/b20-16-. The lowest BCUT2D eigenvalue weighted by Gasteiger charge is -2.13. The second kappa shape index (κ2) is 13.4. The lowest BCUT2D eigenvalue weighted by Crippen LogP contribution is -2.30. The van der Waals surface area contributed by atoms with Crippen LogP contribution in [0, 0.1) is 0 Å². The second-order valence-corrected chi connectivity index (χ2v) is 8.80. The van der Waals surface area contributed by atoms with Gasteiger partial charge in [-0.3, -0.25) is 14.5 Å². The zero-order valence-electron chi connectivity index (χ0n) is 18.5. The highest BCUT2D eigenvalue weighted by Crippen LogP contribution is 2.35. The number of carbonyl (C=O) groups is 2. The van der Waals surface area contributed by atoms with Gasteiger partial charge in [-0.05, 0) is 36.6 Å². The molecule has 1 aliphatic rings. The van der Waals surface area contributed by atoms with E-state index in [2.05, 4.69) is 6.92 Å². The molecule has 0 aliphatic carbocycles. The van der Waals surface area contributed by atoms with Crippen molar-refractivity contribution in [3.63, 3.8) is 0 Å². The summed E-state index contributed by atoms with van der Waals surface area (Å²) in [7, 11) is 1.60. The fourth-order valence-electron chi connectivity index (χ4n) is 2.94. The number of methoxy groups -OCH3 is 1. The summed E-state index contributed by atoms with van der Waals surface area (Å²) in [5, 5.41) is 0. The minimum Gasteiger partial charge on any atom is -0.493 e. The van der Waals surface area contributed by atoms with E-state index in [-0.39, 0.29) is 24.8 Å². The molecule has 0 atom stereocenters. The van der Waals surface area contributed by atoms with Crippen molar-refractivity contribution in [3.8, 4) is 11.5 Å². The third-order valence-corrected chi connectivity index (χ3v) is 6.00. The number of thiocarbonyl (C=S) groups is 1. The van der Waals surface area contributed by atoms with Crippen LogP contribution in [0.3, 0.4) is 0 Å². The van der Waals surface area contributed by atoms with Crippen molar-refractivity contribution in [2.75, 3.05) is 26.9 Å². The number of ether oxygens (including phenoxy) is 3. The van der Waals surface area contributed by atoms with E-state index in [4.69, 9.17) is 26.4 Å². The van der Waals surface area contributed by atoms with Crippen molar-refractivity contribution in [1.29, 1.82) is 0 Å². The first-order valence-electron chi connectivity index (χ1n) is 10.7. The van der Waals surface area contributed by atoms with Gasteiger partial charge in [0.2, 0.25) is 0 Å². The number of esters is 1. The van der Waals surface area contributed by atoms with Gasteiger partial charge in [0.25, 0.3) is 5.91 Å². The first kappa shape index (κ1) is 25.2. The van der Waals surface area contributed by atoms with E-state index < -0.39 is 0 Å². The van der Waals surface area contributed by atoms with Crippen molar-refractivity contribution in [1.82, 2.24) is 4.90 Å². The Bertz CT molecular complexity index is 809. The Morgan fingerprint density at radius 3 is 2.65 bits per heavy atom. The highest BCUT2D eigenvalue weighted by Gasteiger charge is 2.32. The minimum absolute atomic E-state index is 0.123. The highest BCUT2D eigenvalue weighted by molar-refractivity contribution is 8.26. The summed E-state index contributed by atoms with van der Waals surface area (Å²) in [4.78, 5) is 26.4. The third-order valence-electron chi connectivity index (χ3n) is 4.62. The first-order valence-corrected chi connectivity index (χ1v) is 11.9. The maximum atomic E-state index is 12.7. The maximum Gasteiger partial charge on any atom is 0.307 e. The van der Waals surface area contributed by atoms with E-state index in [0.717, 1.165) is 24.8 Å². The predicted octanol–water partition coefficient (Wildman–Crippen LogP) is 5.20. The summed E-state index contributed by atoms with van der Waals surface area (Å²) >= 11 is 6.56. The van der Waals surface area contributed by atoms with Crippen molar-refractivity contribution < 1.29 is 23.8 Å². The fourth-order valence-corrected chi connectivity index (χ4v) is 4.25. The molecule has 8 heteroatoms. The summed E-state index contributed by atoms with van der Waals surface area (Å²) in [5.41, 5.74) is 0.818. The molecule has 0 spiro atoms. The number of rotatable bonds is 13. The number of hydrogen-bond acceptors (Lipinski definition) is 7. The minimum atomic E-state index is -0.324. The van der Waals surface area contributed by atoms with E-state index in [1.54, 1.807) is 13.2 Å². The Hall–Kier alpha value is -2.06. The maximum absolute atomic E-state index is 12.7. The molecule has 1 aliphatic heterocycles. The molecule has 6 nitrogen and oxygen atoms in total. The molecule has 1 heterocycles. The fraction of sp³-hybridized carbons (Fsp3) is 0.522. The molecule has 1 amide bonds. The monoisotopic (exact) mass is 465 g/mol. The Kier molecular flexibility index (Phi) is 10.9. The Morgan fingerprint density at radius 2 is 1.94 bits per heavy atom. The molecule has 0 N–H and O–H groups in total. The smallest absolute Gasteiger partial charge is 0.307 e. The number of unbranched alkanes of at least 4 members (excludes halogenated alkanes) is 3. The molecule has 0 bridgehead atoms. The van der Waals surface area contributed by atoms with Gasteiger partial charge in [-0.15, -0.1) is 0 Å². The van der Waals surface area contributed by atoms with Gasteiger partial charge in [0.1, 0.15) is 4.32 Å². The number of hydrogen-bond donors (Lipinski definition) is 0. The Balaban J connectivity index is 1.99. The molecule has 170 valence electrons. The van der Waals surface area contributed by atoms with Gasteiger partial charge in [0, 0.05) is 6.54 Å². The summed E-state index contributed by atoms with van der Waals surface area (Å²) in [5.74, 6) is 0.788. The molecule has 0 saturated carbocycles. The molecule has 0 aromatic heterocycles. The third kappa shape index (κ3) is 7.85. The molecule has 31 heavy (non-hydrogen) atoms. The van der Waals surface area contributed by atoms with Crippen molar-refractivity contribution in [2.24, 2.45) is 0 Å². The van der Waals surface area contributed by atoms with E-state index in [0.29, 0.717) is 33.9 Å². The van der Waals surface area contributed by atoms with Crippen LogP contribution < -0.4 is 9.47 Å². The van der Waals surface area contributed by atoms with Crippen molar-refractivity contribution in [3.05, 3.63) is 28.7 Å². The lowest BCUT2D eigenvalue weighted by atomic mass is 10.1. The highest BCUT2D eigenvalue weighted by atomic mass is 32.2. The van der Waals surface area contributed by atoms with Crippen LogP contribution in [-0.4, -0.2) is 48.0 Å². The second-order valence-electron chi connectivity index (χ2n) is 7.12.